The zero-order chi connectivity index (χ0) is 16.1. The van der Waals surface area contributed by atoms with Crippen molar-refractivity contribution >= 4 is 23.3 Å². The topological polar surface area (TPSA) is 54.5 Å². The molecule has 1 N–H and O–H groups in total. The Kier molecular flexibility index (Phi) is 5.10. The van der Waals surface area contributed by atoms with Gasteiger partial charge in [-0.2, -0.15) is 0 Å². The van der Waals surface area contributed by atoms with Crippen molar-refractivity contribution in [1.29, 1.82) is 0 Å². The number of hydrogen-bond acceptors (Lipinski definition) is 4. The van der Waals surface area contributed by atoms with Crippen molar-refractivity contribution in [3.63, 3.8) is 0 Å². The first-order valence-electron chi connectivity index (χ1n) is 7.54. The SMILES string of the molecule is O=C(NCc1ccnc(N2CCOCC2)c1)c1ccc(Cl)cc1. The molecule has 1 aliphatic heterocycles. The zero-order valence-corrected chi connectivity index (χ0v) is 13.4. The number of hydrogen-bond donors (Lipinski definition) is 1. The average Bonchev–Trinajstić information content (AvgIpc) is 2.61. The van der Waals surface area contributed by atoms with Gasteiger partial charge in [0.2, 0.25) is 0 Å². The number of rotatable bonds is 4. The minimum Gasteiger partial charge on any atom is -0.378 e. The molecule has 6 heteroatoms. The van der Waals surface area contributed by atoms with Gasteiger partial charge in [0.1, 0.15) is 5.82 Å². The van der Waals surface area contributed by atoms with E-state index in [1.165, 1.54) is 0 Å². The average molecular weight is 332 g/mol. The van der Waals surface area contributed by atoms with E-state index in [1.807, 2.05) is 12.1 Å². The summed E-state index contributed by atoms with van der Waals surface area (Å²) in [5, 5.41) is 3.53. The molecule has 2 aromatic rings. The molecule has 2 heterocycles. The number of benzene rings is 1. The summed E-state index contributed by atoms with van der Waals surface area (Å²) in [4.78, 5) is 18.7. The van der Waals surface area contributed by atoms with Crippen LogP contribution < -0.4 is 10.2 Å². The van der Waals surface area contributed by atoms with Crippen molar-refractivity contribution in [2.75, 3.05) is 31.2 Å². The lowest BCUT2D eigenvalue weighted by atomic mass is 10.2. The molecule has 0 saturated carbocycles. The molecule has 0 spiro atoms. The Hall–Kier alpha value is -2.11. The number of amides is 1. The van der Waals surface area contributed by atoms with Gasteiger partial charge in [0, 0.05) is 36.4 Å². The number of halogens is 1. The lowest BCUT2D eigenvalue weighted by molar-refractivity contribution is 0.0951. The number of nitrogens with one attached hydrogen (secondary N) is 1. The van der Waals surface area contributed by atoms with E-state index < -0.39 is 0 Å². The molecule has 0 aliphatic carbocycles. The molecule has 1 aromatic carbocycles. The fourth-order valence-corrected chi connectivity index (χ4v) is 2.55. The normalized spacial score (nSPS) is 14.6. The highest BCUT2D eigenvalue weighted by Gasteiger charge is 2.13. The van der Waals surface area contributed by atoms with Crippen LogP contribution in [0.1, 0.15) is 15.9 Å². The van der Waals surface area contributed by atoms with Gasteiger partial charge < -0.3 is 15.0 Å². The molecule has 1 aromatic heterocycles. The van der Waals surface area contributed by atoms with Crippen LogP contribution >= 0.6 is 11.6 Å². The summed E-state index contributed by atoms with van der Waals surface area (Å²) in [6.45, 7) is 3.58. The Morgan fingerprint density at radius 1 is 1.22 bits per heavy atom. The zero-order valence-electron chi connectivity index (χ0n) is 12.7. The number of aromatic nitrogens is 1. The summed E-state index contributed by atoms with van der Waals surface area (Å²) in [5.74, 6) is 0.804. The minimum atomic E-state index is -0.119. The maximum atomic E-state index is 12.1. The first-order valence-corrected chi connectivity index (χ1v) is 7.91. The van der Waals surface area contributed by atoms with Crippen molar-refractivity contribution in [1.82, 2.24) is 10.3 Å². The number of morpholine rings is 1. The van der Waals surface area contributed by atoms with Crippen LogP contribution in [0, 0.1) is 0 Å². The molecule has 1 aliphatic rings. The van der Waals surface area contributed by atoms with Gasteiger partial charge in [0.05, 0.1) is 13.2 Å². The van der Waals surface area contributed by atoms with E-state index in [0.717, 1.165) is 37.7 Å². The molecule has 5 nitrogen and oxygen atoms in total. The van der Waals surface area contributed by atoms with E-state index in [2.05, 4.69) is 15.2 Å². The fourth-order valence-electron chi connectivity index (χ4n) is 2.42. The first-order chi connectivity index (χ1) is 11.2. The molecular formula is C17H18ClN3O2. The summed E-state index contributed by atoms with van der Waals surface area (Å²) in [7, 11) is 0. The van der Waals surface area contributed by atoms with Gasteiger partial charge in [-0.1, -0.05) is 11.6 Å². The van der Waals surface area contributed by atoms with E-state index >= 15 is 0 Å². The highest BCUT2D eigenvalue weighted by atomic mass is 35.5. The van der Waals surface area contributed by atoms with Crippen molar-refractivity contribution in [3.05, 3.63) is 58.7 Å². The number of pyridine rings is 1. The summed E-state index contributed by atoms with van der Waals surface area (Å²) < 4.78 is 5.35. The quantitative estimate of drug-likeness (QED) is 0.935. The molecule has 23 heavy (non-hydrogen) atoms. The Morgan fingerprint density at radius 2 is 1.96 bits per heavy atom. The lowest BCUT2D eigenvalue weighted by Crippen LogP contribution is -2.36. The highest BCUT2D eigenvalue weighted by molar-refractivity contribution is 6.30. The van der Waals surface area contributed by atoms with Crippen LogP contribution in [0.2, 0.25) is 5.02 Å². The second kappa shape index (κ2) is 7.44. The first kappa shape index (κ1) is 15.8. The van der Waals surface area contributed by atoms with E-state index in [-0.39, 0.29) is 5.91 Å². The van der Waals surface area contributed by atoms with Crippen LogP contribution in [-0.4, -0.2) is 37.2 Å². The molecule has 0 unspecified atom stereocenters. The fraction of sp³-hybridized carbons (Fsp3) is 0.294. The largest absolute Gasteiger partial charge is 0.378 e. The van der Waals surface area contributed by atoms with Gasteiger partial charge in [-0.25, -0.2) is 4.98 Å². The molecule has 0 atom stereocenters. The summed E-state index contributed by atoms with van der Waals surface area (Å²) in [6, 6.07) is 10.8. The molecule has 1 amide bonds. The Balaban J connectivity index is 1.61. The van der Waals surface area contributed by atoms with Gasteiger partial charge in [0.25, 0.3) is 5.91 Å². The lowest BCUT2D eigenvalue weighted by Gasteiger charge is -2.28. The van der Waals surface area contributed by atoms with Gasteiger partial charge in [-0.15, -0.1) is 0 Å². The van der Waals surface area contributed by atoms with Crippen LogP contribution in [0.5, 0.6) is 0 Å². The van der Waals surface area contributed by atoms with E-state index in [9.17, 15) is 4.79 Å². The number of carbonyl (C=O) groups is 1. The molecule has 120 valence electrons. The predicted octanol–water partition coefficient (Wildman–Crippen LogP) is 2.50. The number of ether oxygens (including phenoxy) is 1. The number of nitrogens with zero attached hydrogens (tertiary/aromatic N) is 2. The highest BCUT2D eigenvalue weighted by Crippen LogP contribution is 2.14. The smallest absolute Gasteiger partial charge is 0.251 e. The maximum absolute atomic E-state index is 12.1. The standard InChI is InChI=1S/C17H18ClN3O2/c18-15-3-1-14(2-4-15)17(22)20-12-13-5-6-19-16(11-13)21-7-9-23-10-8-21/h1-6,11H,7-10,12H2,(H,20,22). The third-order valence-electron chi connectivity index (χ3n) is 3.70. The molecule has 0 bridgehead atoms. The van der Waals surface area contributed by atoms with E-state index in [4.69, 9.17) is 16.3 Å². The van der Waals surface area contributed by atoms with Crippen molar-refractivity contribution in [2.24, 2.45) is 0 Å². The number of carbonyl (C=O) groups excluding carboxylic acids is 1. The molecule has 0 radical (unpaired) electrons. The molecule has 3 rings (SSSR count). The van der Waals surface area contributed by atoms with Gasteiger partial charge >= 0.3 is 0 Å². The van der Waals surface area contributed by atoms with E-state index in [0.29, 0.717) is 17.1 Å². The molecular weight excluding hydrogens is 314 g/mol. The Labute approximate surface area is 140 Å². The Bertz CT molecular complexity index is 670. The minimum absolute atomic E-state index is 0.119. The summed E-state index contributed by atoms with van der Waals surface area (Å²) in [6.07, 6.45) is 1.77. The predicted molar refractivity (Wildman–Crippen MR) is 89.9 cm³/mol. The Morgan fingerprint density at radius 3 is 2.70 bits per heavy atom. The second-order valence-corrected chi connectivity index (χ2v) is 5.75. The van der Waals surface area contributed by atoms with Crippen LogP contribution in [0.15, 0.2) is 42.6 Å². The second-order valence-electron chi connectivity index (χ2n) is 5.31. The maximum Gasteiger partial charge on any atom is 0.251 e. The third-order valence-corrected chi connectivity index (χ3v) is 3.96. The van der Waals surface area contributed by atoms with Gasteiger partial charge in [0.15, 0.2) is 0 Å². The summed E-state index contributed by atoms with van der Waals surface area (Å²) in [5.41, 5.74) is 1.61. The van der Waals surface area contributed by atoms with Gasteiger partial charge in [-0.3, -0.25) is 4.79 Å². The van der Waals surface area contributed by atoms with Crippen molar-refractivity contribution < 1.29 is 9.53 Å². The van der Waals surface area contributed by atoms with Gasteiger partial charge in [-0.05, 0) is 42.0 Å². The summed E-state index contributed by atoms with van der Waals surface area (Å²) >= 11 is 5.83. The van der Waals surface area contributed by atoms with Crippen LogP contribution in [0.3, 0.4) is 0 Å². The molecule has 1 fully saturated rings. The van der Waals surface area contributed by atoms with Crippen LogP contribution in [0.4, 0.5) is 5.82 Å². The van der Waals surface area contributed by atoms with Crippen LogP contribution in [0.25, 0.3) is 0 Å². The third kappa shape index (κ3) is 4.21. The van der Waals surface area contributed by atoms with Crippen molar-refractivity contribution in [2.45, 2.75) is 6.54 Å². The van der Waals surface area contributed by atoms with E-state index in [1.54, 1.807) is 30.5 Å². The van der Waals surface area contributed by atoms with Crippen LogP contribution in [-0.2, 0) is 11.3 Å². The van der Waals surface area contributed by atoms with Crippen molar-refractivity contribution in [3.8, 4) is 0 Å². The monoisotopic (exact) mass is 331 g/mol. The number of anilines is 1. The molecule has 1 saturated heterocycles.